The number of nitrogens with two attached hydrogens (primary N) is 1. The first-order chi connectivity index (χ1) is 19.3. The molecule has 11 heteroatoms. The van der Waals surface area contributed by atoms with Gasteiger partial charge in [0.05, 0.1) is 12.1 Å². The van der Waals surface area contributed by atoms with E-state index in [-0.39, 0.29) is 23.4 Å². The van der Waals surface area contributed by atoms with Gasteiger partial charge in [0, 0.05) is 34.9 Å². The third-order valence-electron chi connectivity index (χ3n) is 7.18. The van der Waals surface area contributed by atoms with Crippen LogP contribution in [-0.4, -0.2) is 57.0 Å². The van der Waals surface area contributed by atoms with Crippen molar-refractivity contribution < 1.29 is 14.7 Å². The number of carbonyl (C=O) groups is 2. The summed E-state index contributed by atoms with van der Waals surface area (Å²) < 4.78 is 0. The van der Waals surface area contributed by atoms with Gasteiger partial charge in [0.1, 0.15) is 16.4 Å². The minimum Gasteiger partial charge on any atom is -0.509 e. The predicted molar refractivity (Wildman–Crippen MR) is 156 cm³/mol. The Kier molecular flexibility index (Phi) is 6.68. The number of carbonyl (C=O) groups excluding carboxylic acids is 2. The molecule has 204 valence electrons. The molecule has 2 aliphatic rings. The number of nitrogens with one attached hydrogen (secondary N) is 2. The molecule has 0 spiro atoms. The molecule has 6 rings (SSSR count). The summed E-state index contributed by atoms with van der Waals surface area (Å²) in [6.07, 6.45) is 1.81. The van der Waals surface area contributed by atoms with Gasteiger partial charge in [-0.05, 0) is 62.2 Å². The Balaban J connectivity index is 1.13. The van der Waals surface area contributed by atoms with E-state index in [1.807, 2.05) is 30.3 Å². The van der Waals surface area contributed by atoms with E-state index >= 15 is 0 Å². The topological polar surface area (TPSA) is 140 Å². The maximum atomic E-state index is 13.0. The van der Waals surface area contributed by atoms with Gasteiger partial charge in [-0.1, -0.05) is 36.0 Å². The van der Waals surface area contributed by atoms with Crippen LogP contribution in [-0.2, 0) is 9.59 Å². The molecular weight excluding hydrogens is 526 g/mol. The number of aromatic nitrogens is 3. The predicted octanol–water partition coefficient (Wildman–Crippen LogP) is 4.22. The molecule has 0 saturated carbocycles. The van der Waals surface area contributed by atoms with E-state index < -0.39 is 11.8 Å². The highest BCUT2D eigenvalue weighted by Crippen LogP contribution is 2.31. The number of piperidine rings is 1. The molecule has 5 N–H and O–H groups in total. The van der Waals surface area contributed by atoms with Crippen LogP contribution in [0.3, 0.4) is 0 Å². The van der Waals surface area contributed by atoms with Gasteiger partial charge in [-0.15, -0.1) is 0 Å². The van der Waals surface area contributed by atoms with Crippen molar-refractivity contribution in [1.29, 1.82) is 0 Å². The lowest BCUT2D eigenvalue weighted by Crippen LogP contribution is -2.48. The Labute approximate surface area is 235 Å². The van der Waals surface area contributed by atoms with Crippen LogP contribution in [0.2, 0.25) is 0 Å². The maximum absolute atomic E-state index is 13.0. The van der Waals surface area contributed by atoms with Gasteiger partial charge >= 0.3 is 0 Å². The van der Waals surface area contributed by atoms with Gasteiger partial charge < -0.3 is 30.9 Å². The maximum Gasteiger partial charge on any atom is 0.267 e. The van der Waals surface area contributed by atoms with Crippen LogP contribution in [0.15, 0.2) is 88.0 Å². The number of benzene rings is 2. The van der Waals surface area contributed by atoms with Crippen LogP contribution < -0.4 is 20.9 Å². The molecule has 0 aliphatic carbocycles. The average Bonchev–Trinajstić information content (AvgIpc) is 3.49. The zero-order chi connectivity index (χ0) is 27.9. The molecule has 2 aromatic heterocycles. The van der Waals surface area contributed by atoms with Crippen LogP contribution in [0, 0.1) is 0 Å². The van der Waals surface area contributed by atoms with Gasteiger partial charge in [0.2, 0.25) is 5.95 Å². The van der Waals surface area contributed by atoms with E-state index in [1.54, 1.807) is 36.4 Å². The zero-order valence-electron chi connectivity index (χ0n) is 21.9. The van der Waals surface area contributed by atoms with E-state index in [0.717, 1.165) is 47.3 Å². The van der Waals surface area contributed by atoms with Crippen molar-refractivity contribution in [2.45, 2.75) is 35.2 Å². The Hall–Kier alpha value is -4.35. The Morgan fingerprint density at radius 2 is 1.85 bits per heavy atom. The molecule has 2 aromatic carbocycles. The highest BCUT2D eigenvalue weighted by atomic mass is 32.2. The second-order valence-corrected chi connectivity index (χ2v) is 11.4. The number of imidazole rings is 1. The van der Waals surface area contributed by atoms with Crippen molar-refractivity contribution >= 4 is 52.1 Å². The SMILES string of the molecule is CC1(N)CCN(c2nc3nc(Sc4cccc(NC(=O)C5=C(O)CN(c6ccccc6)C5=O)c4)ccc3[nH]2)CC1. The summed E-state index contributed by atoms with van der Waals surface area (Å²) in [4.78, 5) is 43.1. The second-order valence-electron chi connectivity index (χ2n) is 10.4. The summed E-state index contributed by atoms with van der Waals surface area (Å²) in [6, 6.07) is 20.1. The number of anilines is 3. The number of pyridine rings is 1. The number of hydrogen-bond acceptors (Lipinski definition) is 8. The summed E-state index contributed by atoms with van der Waals surface area (Å²) in [7, 11) is 0. The molecule has 1 fully saturated rings. The first-order valence-electron chi connectivity index (χ1n) is 13.0. The third-order valence-corrected chi connectivity index (χ3v) is 8.10. The van der Waals surface area contributed by atoms with Crippen LogP contribution in [0.4, 0.5) is 17.3 Å². The number of amides is 2. The fraction of sp³-hybridized carbons (Fsp3) is 0.241. The molecule has 40 heavy (non-hydrogen) atoms. The Bertz CT molecular complexity index is 1620. The standard InChI is InChI=1S/C29H29N7O3S/c1-29(30)12-14-35(15-13-29)28-32-21-10-11-23(33-25(21)34-28)40-20-9-5-6-18(16-20)31-26(38)24-22(37)17-36(27(24)39)19-7-3-2-4-8-19/h2-11,16,37H,12-15,17,30H2,1H3,(H,31,38)(H,32,33,34). The van der Waals surface area contributed by atoms with E-state index in [0.29, 0.717) is 17.0 Å². The summed E-state index contributed by atoms with van der Waals surface area (Å²) >= 11 is 1.44. The van der Waals surface area contributed by atoms with Gasteiger partial charge in [-0.2, -0.15) is 4.98 Å². The summed E-state index contributed by atoms with van der Waals surface area (Å²) in [5.74, 6) is -0.646. The van der Waals surface area contributed by atoms with Crippen LogP contribution >= 0.6 is 11.8 Å². The molecule has 2 amide bonds. The number of aliphatic hydroxyl groups is 1. The molecule has 0 unspecified atom stereocenters. The minimum atomic E-state index is -0.653. The number of H-pyrrole nitrogens is 1. The number of fused-ring (bicyclic) bond motifs is 1. The fourth-order valence-corrected chi connectivity index (χ4v) is 5.70. The second kappa shape index (κ2) is 10.3. The number of hydrogen-bond donors (Lipinski definition) is 4. The molecule has 1 saturated heterocycles. The molecule has 0 atom stereocenters. The number of nitrogens with zero attached hydrogens (tertiary/aromatic N) is 4. The lowest BCUT2D eigenvalue weighted by atomic mass is 9.91. The summed E-state index contributed by atoms with van der Waals surface area (Å²) in [6.45, 7) is 3.73. The van der Waals surface area contributed by atoms with E-state index in [1.165, 1.54) is 16.7 Å². The van der Waals surface area contributed by atoms with Crippen molar-refractivity contribution in [2.24, 2.45) is 5.73 Å². The molecule has 0 radical (unpaired) electrons. The van der Waals surface area contributed by atoms with E-state index in [2.05, 4.69) is 22.1 Å². The Morgan fingerprint density at radius 1 is 1.07 bits per heavy atom. The largest absolute Gasteiger partial charge is 0.509 e. The highest BCUT2D eigenvalue weighted by molar-refractivity contribution is 7.99. The molecule has 10 nitrogen and oxygen atoms in total. The van der Waals surface area contributed by atoms with Crippen molar-refractivity contribution in [3.05, 3.63) is 78.1 Å². The van der Waals surface area contributed by atoms with Crippen molar-refractivity contribution in [3.63, 3.8) is 0 Å². The normalized spacial score (nSPS) is 17.1. The van der Waals surface area contributed by atoms with Crippen LogP contribution in [0.25, 0.3) is 11.2 Å². The van der Waals surface area contributed by atoms with Gasteiger partial charge in [-0.3, -0.25) is 9.59 Å². The lowest BCUT2D eigenvalue weighted by Gasteiger charge is -2.36. The molecule has 0 bridgehead atoms. The number of aliphatic hydroxyl groups excluding tert-OH is 1. The highest BCUT2D eigenvalue weighted by Gasteiger charge is 2.36. The van der Waals surface area contributed by atoms with Gasteiger partial charge in [0.25, 0.3) is 11.8 Å². The van der Waals surface area contributed by atoms with E-state index in [9.17, 15) is 14.7 Å². The first kappa shape index (κ1) is 25.9. The Morgan fingerprint density at radius 3 is 2.62 bits per heavy atom. The number of aromatic amines is 1. The van der Waals surface area contributed by atoms with E-state index in [4.69, 9.17) is 15.7 Å². The number of para-hydroxylation sites is 1. The number of rotatable bonds is 6. The van der Waals surface area contributed by atoms with Crippen LogP contribution in [0.1, 0.15) is 19.8 Å². The quantitative estimate of drug-likeness (QED) is 0.259. The molecule has 4 aromatic rings. The fourth-order valence-electron chi connectivity index (χ4n) is 4.85. The van der Waals surface area contributed by atoms with Crippen LogP contribution in [0.5, 0.6) is 0 Å². The zero-order valence-corrected chi connectivity index (χ0v) is 22.7. The van der Waals surface area contributed by atoms with Crippen molar-refractivity contribution in [2.75, 3.05) is 34.8 Å². The molecule has 4 heterocycles. The van der Waals surface area contributed by atoms with Crippen molar-refractivity contribution in [1.82, 2.24) is 15.0 Å². The summed E-state index contributed by atoms with van der Waals surface area (Å²) in [5.41, 5.74) is 8.49. The molecular formula is C29H29N7O3S. The van der Waals surface area contributed by atoms with Gasteiger partial charge in [0.15, 0.2) is 5.65 Å². The smallest absolute Gasteiger partial charge is 0.267 e. The lowest BCUT2D eigenvalue weighted by molar-refractivity contribution is -0.119. The third kappa shape index (κ3) is 5.25. The first-order valence-corrected chi connectivity index (χ1v) is 13.9. The minimum absolute atomic E-state index is 0.0469. The summed E-state index contributed by atoms with van der Waals surface area (Å²) in [5, 5.41) is 13.9. The monoisotopic (exact) mass is 555 g/mol. The molecule has 2 aliphatic heterocycles. The van der Waals surface area contributed by atoms with Gasteiger partial charge in [-0.25, -0.2) is 4.98 Å². The van der Waals surface area contributed by atoms with Crippen molar-refractivity contribution in [3.8, 4) is 0 Å². The average molecular weight is 556 g/mol.